The van der Waals surface area contributed by atoms with E-state index in [9.17, 15) is 4.79 Å². The third kappa shape index (κ3) is 1.77. The van der Waals surface area contributed by atoms with Crippen LogP contribution >= 0.6 is 0 Å². The molecule has 86 valence electrons. The number of esters is 1. The van der Waals surface area contributed by atoms with Gasteiger partial charge in [0, 0.05) is 0 Å². The van der Waals surface area contributed by atoms with Crippen molar-refractivity contribution >= 4 is 5.97 Å². The zero-order valence-corrected chi connectivity index (χ0v) is 9.36. The lowest BCUT2D eigenvalue weighted by Gasteiger charge is -2.14. The first kappa shape index (κ1) is 9.70. The molecule has 0 amide bonds. The SMILES string of the molecule is [2H]COc1ccc(C2(C(=O)OCC)CC2)cc1. The number of rotatable bonds is 4. The molecular weight excluding hydrogens is 204 g/mol. The highest BCUT2D eigenvalue weighted by Gasteiger charge is 2.52. The van der Waals surface area contributed by atoms with E-state index in [2.05, 4.69) is 0 Å². The van der Waals surface area contributed by atoms with Gasteiger partial charge in [0.25, 0.3) is 0 Å². The molecule has 3 nitrogen and oxygen atoms in total. The van der Waals surface area contributed by atoms with E-state index in [0.29, 0.717) is 12.4 Å². The Labute approximate surface area is 96.8 Å². The second kappa shape index (κ2) is 4.16. The van der Waals surface area contributed by atoms with Crippen LogP contribution in [0.5, 0.6) is 5.75 Å². The minimum Gasteiger partial charge on any atom is -0.497 e. The highest BCUT2D eigenvalue weighted by Crippen LogP contribution is 2.49. The van der Waals surface area contributed by atoms with Crippen molar-refractivity contribution < 1.29 is 15.6 Å². The number of methoxy groups -OCH3 is 1. The van der Waals surface area contributed by atoms with Gasteiger partial charge in [-0.1, -0.05) is 12.1 Å². The summed E-state index contributed by atoms with van der Waals surface area (Å²) in [4.78, 5) is 11.9. The van der Waals surface area contributed by atoms with Gasteiger partial charge in [-0.15, -0.1) is 0 Å². The molecule has 0 bridgehead atoms. The monoisotopic (exact) mass is 221 g/mol. The van der Waals surface area contributed by atoms with Gasteiger partial charge in [0.2, 0.25) is 0 Å². The van der Waals surface area contributed by atoms with E-state index in [-0.39, 0.29) is 13.1 Å². The summed E-state index contributed by atoms with van der Waals surface area (Å²) in [6.45, 7) is 2.24. The van der Waals surface area contributed by atoms with Crippen LogP contribution in [-0.4, -0.2) is 19.7 Å². The molecule has 0 unspecified atom stereocenters. The largest absolute Gasteiger partial charge is 0.497 e. The zero-order valence-electron chi connectivity index (χ0n) is 10.4. The van der Waals surface area contributed by atoms with E-state index in [0.717, 1.165) is 18.4 Å². The average Bonchev–Trinajstić information content (AvgIpc) is 3.12. The smallest absolute Gasteiger partial charge is 0.316 e. The Hall–Kier alpha value is -1.51. The second-order valence-corrected chi connectivity index (χ2v) is 3.97. The summed E-state index contributed by atoms with van der Waals surface area (Å²) in [6.07, 6.45) is 1.70. The molecule has 0 atom stereocenters. The van der Waals surface area contributed by atoms with Crippen molar-refractivity contribution in [2.24, 2.45) is 0 Å². The van der Waals surface area contributed by atoms with E-state index in [1.54, 1.807) is 12.1 Å². The molecule has 0 radical (unpaired) electrons. The number of benzene rings is 1. The third-order valence-electron chi connectivity index (χ3n) is 2.99. The van der Waals surface area contributed by atoms with Crippen molar-refractivity contribution in [1.82, 2.24) is 0 Å². The van der Waals surface area contributed by atoms with E-state index in [1.165, 1.54) is 0 Å². The van der Waals surface area contributed by atoms with Gasteiger partial charge in [-0.3, -0.25) is 4.79 Å². The molecule has 16 heavy (non-hydrogen) atoms. The summed E-state index contributed by atoms with van der Waals surface area (Å²) < 4.78 is 17.1. The van der Waals surface area contributed by atoms with Crippen LogP contribution in [0.25, 0.3) is 0 Å². The summed E-state index contributed by atoms with van der Waals surface area (Å²) in [5.74, 6) is 0.526. The van der Waals surface area contributed by atoms with E-state index < -0.39 is 5.41 Å². The van der Waals surface area contributed by atoms with Crippen molar-refractivity contribution in [3.63, 3.8) is 0 Å². The zero-order chi connectivity index (χ0) is 12.3. The molecular formula is C13H16O3. The third-order valence-corrected chi connectivity index (χ3v) is 2.99. The van der Waals surface area contributed by atoms with Gasteiger partial charge in [-0.05, 0) is 37.5 Å². The fourth-order valence-corrected chi connectivity index (χ4v) is 1.88. The number of carbonyl (C=O) groups is 1. The maximum absolute atomic E-state index is 11.9. The Balaban J connectivity index is 2.14. The average molecular weight is 221 g/mol. The van der Waals surface area contributed by atoms with E-state index in [4.69, 9.17) is 10.8 Å². The van der Waals surface area contributed by atoms with Gasteiger partial charge in [-0.2, -0.15) is 0 Å². The van der Waals surface area contributed by atoms with Gasteiger partial charge < -0.3 is 9.47 Å². The number of carbonyl (C=O) groups excluding carboxylic acids is 1. The molecule has 3 heteroatoms. The first-order chi connectivity index (χ1) is 8.23. The van der Waals surface area contributed by atoms with E-state index in [1.807, 2.05) is 19.1 Å². The Kier molecular flexibility index (Phi) is 2.52. The van der Waals surface area contributed by atoms with Gasteiger partial charge in [0.05, 0.1) is 20.5 Å². The summed E-state index contributed by atoms with van der Waals surface area (Å²) in [5, 5.41) is 0. The molecule has 1 saturated carbocycles. The molecule has 1 aromatic carbocycles. The predicted molar refractivity (Wildman–Crippen MR) is 60.5 cm³/mol. The van der Waals surface area contributed by atoms with Crippen LogP contribution in [-0.2, 0) is 14.9 Å². The van der Waals surface area contributed by atoms with Crippen molar-refractivity contribution in [2.75, 3.05) is 13.7 Å². The molecule has 0 aromatic heterocycles. The minimum atomic E-state index is -0.421. The van der Waals surface area contributed by atoms with Crippen LogP contribution in [0.1, 0.15) is 26.7 Å². The van der Waals surface area contributed by atoms with Gasteiger partial charge in [-0.25, -0.2) is 0 Å². The van der Waals surface area contributed by atoms with Crippen molar-refractivity contribution in [3.05, 3.63) is 29.8 Å². The van der Waals surface area contributed by atoms with Crippen molar-refractivity contribution in [3.8, 4) is 5.75 Å². The number of ether oxygens (including phenoxy) is 2. The highest BCUT2D eigenvalue weighted by atomic mass is 16.5. The van der Waals surface area contributed by atoms with Gasteiger partial charge in [0.15, 0.2) is 0 Å². The van der Waals surface area contributed by atoms with E-state index >= 15 is 0 Å². The fourth-order valence-electron chi connectivity index (χ4n) is 1.88. The highest BCUT2D eigenvalue weighted by molar-refractivity contribution is 5.86. The van der Waals surface area contributed by atoms with Gasteiger partial charge >= 0.3 is 5.97 Å². The molecule has 2 rings (SSSR count). The predicted octanol–water partition coefficient (Wildman–Crippen LogP) is 2.29. The van der Waals surface area contributed by atoms with Crippen LogP contribution in [0.3, 0.4) is 0 Å². The standard InChI is InChI=1S/C13H16O3/c1-3-16-12(14)13(8-9-13)10-4-6-11(15-2)7-5-10/h4-7H,3,8-9H2,1-2H3/i2D. The molecule has 0 spiro atoms. The van der Waals surface area contributed by atoms with Crippen LogP contribution in [0, 0.1) is 0 Å². The van der Waals surface area contributed by atoms with Crippen LogP contribution in [0.15, 0.2) is 24.3 Å². The van der Waals surface area contributed by atoms with Crippen molar-refractivity contribution in [1.29, 1.82) is 0 Å². The Morgan fingerprint density at radius 1 is 1.44 bits per heavy atom. The molecule has 1 aliphatic rings. The Bertz CT molecular complexity index is 396. The number of hydrogen-bond donors (Lipinski definition) is 0. The maximum Gasteiger partial charge on any atom is 0.316 e. The number of hydrogen-bond acceptors (Lipinski definition) is 3. The molecule has 0 N–H and O–H groups in total. The molecule has 0 aliphatic heterocycles. The topological polar surface area (TPSA) is 35.5 Å². The second-order valence-electron chi connectivity index (χ2n) is 3.97. The van der Waals surface area contributed by atoms with Crippen LogP contribution in [0.2, 0.25) is 0 Å². The lowest BCUT2D eigenvalue weighted by atomic mass is 9.96. The van der Waals surface area contributed by atoms with Crippen LogP contribution in [0.4, 0.5) is 0 Å². The molecule has 1 aliphatic carbocycles. The normalized spacial score (nSPS) is 17.4. The molecule has 1 fully saturated rings. The first-order valence-corrected chi connectivity index (χ1v) is 5.43. The Morgan fingerprint density at radius 3 is 2.62 bits per heavy atom. The summed E-state index contributed by atoms with van der Waals surface area (Å²) >= 11 is 0. The van der Waals surface area contributed by atoms with Crippen LogP contribution < -0.4 is 4.74 Å². The molecule has 0 heterocycles. The molecule has 0 saturated heterocycles. The van der Waals surface area contributed by atoms with Crippen molar-refractivity contribution in [2.45, 2.75) is 25.2 Å². The Morgan fingerprint density at radius 2 is 2.12 bits per heavy atom. The quantitative estimate of drug-likeness (QED) is 0.732. The minimum absolute atomic E-state index is 0.0949. The fraction of sp³-hybridized carbons (Fsp3) is 0.462. The first-order valence-electron chi connectivity index (χ1n) is 6.13. The summed E-state index contributed by atoms with van der Waals surface area (Å²) in [6, 6.07) is 7.36. The lowest BCUT2D eigenvalue weighted by molar-refractivity contribution is -0.146. The lowest BCUT2D eigenvalue weighted by Crippen LogP contribution is -2.23. The molecule has 1 aromatic rings. The summed E-state index contributed by atoms with van der Waals surface area (Å²) in [5.41, 5.74) is 0.559. The van der Waals surface area contributed by atoms with Gasteiger partial charge in [0.1, 0.15) is 5.75 Å². The maximum atomic E-state index is 11.9. The summed E-state index contributed by atoms with van der Waals surface area (Å²) in [7, 11) is -0.0949.